The lowest BCUT2D eigenvalue weighted by Gasteiger charge is -2.19. The molecule has 2 N–H and O–H groups in total. The van der Waals surface area contributed by atoms with E-state index < -0.39 is 6.10 Å². The first-order chi connectivity index (χ1) is 9.52. The third-order valence-electron chi connectivity index (χ3n) is 2.94. The molecule has 0 aliphatic heterocycles. The standard InChI is InChI=1S/C15H24N2O3/c1-12(18)11-17(2)15(19)16-9-5-7-13-6-4-8-14(10-13)20-3/h4,6,8,10,12,18H,5,7,9,11H2,1-3H3,(H,16,19). The van der Waals surface area contributed by atoms with Gasteiger partial charge >= 0.3 is 6.03 Å². The Morgan fingerprint density at radius 2 is 2.25 bits per heavy atom. The SMILES string of the molecule is COc1cccc(CCCNC(=O)N(C)CC(C)O)c1. The molecule has 0 spiro atoms. The van der Waals surface area contributed by atoms with Gasteiger partial charge in [-0.1, -0.05) is 12.1 Å². The highest BCUT2D eigenvalue weighted by Gasteiger charge is 2.09. The predicted molar refractivity (Wildman–Crippen MR) is 79.0 cm³/mol. The third kappa shape index (κ3) is 5.93. The first-order valence-corrected chi connectivity index (χ1v) is 6.83. The Morgan fingerprint density at radius 3 is 2.90 bits per heavy atom. The topological polar surface area (TPSA) is 61.8 Å². The average molecular weight is 280 g/mol. The Morgan fingerprint density at radius 1 is 1.50 bits per heavy atom. The number of rotatable bonds is 7. The van der Waals surface area contributed by atoms with Crippen LogP contribution >= 0.6 is 0 Å². The van der Waals surface area contributed by atoms with E-state index in [0.29, 0.717) is 13.1 Å². The molecule has 1 aromatic rings. The fourth-order valence-electron chi connectivity index (χ4n) is 1.93. The van der Waals surface area contributed by atoms with Crippen molar-refractivity contribution >= 4 is 6.03 Å². The largest absolute Gasteiger partial charge is 0.497 e. The van der Waals surface area contributed by atoms with E-state index in [2.05, 4.69) is 5.32 Å². The van der Waals surface area contributed by atoms with E-state index in [1.165, 1.54) is 10.5 Å². The van der Waals surface area contributed by atoms with Crippen LogP contribution in [0.3, 0.4) is 0 Å². The second-order valence-electron chi connectivity index (χ2n) is 4.92. The molecule has 1 unspecified atom stereocenters. The van der Waals surface area contributed by atoms with E-state index in [9.17, 15) is 9.90 Å². The molecule has 0 radical (unpaired) electrons. The normalized spacial score (nSPS) is 11.8. The first-order valence-electron chi connectivity index (χ1n) is 6.83. The third-order valence-corrected chi connectivity index (χ3v) is 2.94. The highest BCUT2D eigenvalue weighted by molar-refractivity contribution is 5.73. The predicted octanol–water partition coefficient (Wildman–Crippen LogP) is 1.65. The summed E-state index contributed by atoms with van der Waals surface area (Å²) in [6.07, 6.45) is 1.24. The number of amides is 2. The summed E-state index contributed by atoms with van der Waals surface area (Å²) < 4.78 is 5.17. The van der Waals surface area contributed by atoms with Crippen LogP contribution in [0.1, 0.15) is 18.9 Å². The molecule has 1 atom stereocenters. The molecule has 0 saturated carbocycles. The molecule has 0 heterocycles. The smallest absolute Gasteiger partial charge is 0.317 e. The van der Waals surface area contributed by atoms with Gasteiger partial charge in [0.25, 0.3) is 0 Å². The number of aryl methyl sites for hydroxylation is 1. The summed E-state index contributed by atoms with van der Waals surface area (Å²) in [6.45, 7) is 2.61. The van der Waals surface area contributed by atoms with Gasteiger partial charge in [0.05, 0.1) is 13.2 Å². The van der Waals surface area contributed by atoms with Crippen LogP contribution in [0.5, 0.6) is 5.75 Å². The molecule has 0 saturated heterocycles. The molecular formula is C15H24N2O3. The summed E-state index contributed by atoms with van der Waals surface area (Å²) in [4.78, 5) is 13.2. The number of hydrogen-bond acceptors (Lipinski definition) is 3. The van der Waals surface area contributed by atoms with E-state index in [0.717, 1.165) is 18.6 Å². The number of carbonyl (C=O) groups is 1. The van der Waals surface area contributed by atoms with Crippen LogP contribution < -0.4 is 10.1 Å². The maximum absolute atomic E-state index is 11.7. The minimum absolute atomic E-state index is 0.156. The van der Waals surface area contributed by atoms with Crippen LogP contribution in [0.25, 0.3) is 0 Å². The number of carbonyl (C=O) groups excluding carboxylic acids is 1. The van der Waals surface area contributed by atoms with Crippen molar-refractivity contribution in [2.24, 2.45) is 0 Å². The van der Waals surface area contributed by atoms with Gasteiger partial charge in [0.1, 0.15) is 5.75 Å². The fraction of sp³-hybridized carbons (Fsp3) is 0.533. The van der Waals surface area contributed by atoms with Gasteiger partial charge < -0.3 is 20.1 Å². The van der Waals surface area contributed by atoms with Crippen LogP contribution in [0.2, 0.25) is 0 Å². The van der Waals surface area contributed by atoms with Gasteiger partial charge in [-0.05, 0) is 37.5 Å². The molecule has 112 valence electrons. The molecule has 5 nitrogen and oxygen atoms in total. The number of nitrogens with one attached hydrogen (secondary N) is 1. The fourth-order valence-corrected chi connectivity index (χ4v) is 1.93. The Kier molecular flexibility index (Phi) is 6.87. The van der Waals surface area contributed by atoms with Crippen LogP contribution in [0.4, 0.5) is 4.79 Å². The molecule has 2 amide bonds. The van der Waals surface area contributed by atoms with Gasteiger partial charge in [0.2, 0.25) is 0 Å². The lowest BCUT2D eigenvalue weighted by Crippen LogP contribution is -2.41. The van der Waals surface area contributed by atoms with Gasteiger partial charge in [-0.15, -0.1) is 0 Å². The zero-order valence-electron chi connectivity index (χ0n) is 12.4. The van der Waals surface area contributed by atoms with Crippen molar-refractivity contribution in [3.05, 3.63) is 29.8 Å². The van der Waals surface area contributed by atoms with Gasteiger partial charge in [0, 0.05) is 20.1 Å². The number of benzene rings is 1. The Balaban J connectivity index is 2.25. The molecule has 5 heteroatoms. The highest BCUT2D eigenvalue weighted by atomic mass is 16.5. The lowest BCUT2D eigenvalue weighted by atomic mass is 10.1. The summed E-state index contributed by atoms with van der Waals surface area (Å²) in [5.41, 5.74) is 1.19. The van der Waals surface area contributed by atoms with Crippen molar-refractivity contribution in [3.63, 3.8) is 0 Å². The van der Waals surface area contributed by atoms with Crippen LogP contribution in [0.15, 0.2) is 24.3 Å². The number of aliphatic hydroxyl groups is 1. The maximum atomic E-state index is 11.7. The van der Waals surface area contributed by atoms with E-state index in [1.807, 2.05) is 24.3 Å². The van der Waals surface area contributed by atoms with Gasteiger partial charge in [-0.3, -0.25) is 0 Å². The van der Waals surface area contributed by atoms with Crippen molar-refractivity contribution < 1.29 is 14.6 Å². The van der Waals surface area contributed by atoms with Gasteiger partial charge in [-0.25, -0.2) is 4.79 Å². The van der Waals surface area contributed by atoms with Gasteiger partial charge in [-0.2, -0.15) is 0 Å². The Bertz CT molecular complexity index is 421. The summed E-state index contributed by atoms with van der Waals surface area (Å²) in [6, 6.07) is 7.77. The number of nitrogens with zero attached hydrogens (tertiary/aromatic N) is 1. The summed E-state index contributed by atoms with van der Waals surface area (Å²) in [5, 5.41) is 12.0. The first kappa shape index (κ1) is 16.3. The molecule has 1 aromatic carbocycles. The number of urea groups is 1. The zero-order valence-corrected chi connectivity index (χ0v) is 12.4. The van der Waals surface area contributed by atoms with Crippen molar-refractivity contribution in [1.29, 1.82) is 0 Å². The van der Waals surface area contributed by atoms with Crippen LogP contribution in [-0.4, -0.2) is 49.4 Å². The summed E-state index contributed by atoms with van der Waals surface area (Å²) in [5.74, 6) is 0.850. The second kappa shape index (κ2) is 8.43. The quantitative estimate of drug-likeness (QED) is 0.747. The Hall–Kier alpha value is -1.75. The minimum Gasteiger partial charge on any atom is -0.497 e. The Labute approximate surface area is 120 Å². The number of methoxy groups -OCH3 is 1. The lowest BCUT2D eigenvalue weighted by molar-refractivity contribution is 0.144. The van der Waals surface area contributed by atoms with E-state index in [-0.39, 0.29) is 6.03 Å². The van der Waals surface area contributed by atoms with Crippen LogP contribution in [0, 0.1) is 0 Å². The highest BCUT2D eigenvalue weighted by Crippen LogP contribution is 2.13. The number of aliphatic hydroxyl groups excluding tert-OH is 1. The van der Waals surface area contributed by atoms with Crippen molar-refractivity contribution in [2.75, 3.05) is 27.2 Å². The molecule has 0 fully saturated rings. The molecule has 0 aliphatic rings. The summed E-state index contributed by atoms with van der Waals surface area (Å²) in [7, 11) is 3.32. The number of likely N-dealkylation sites (N-methyl/N-ethyl adjacent to an activating group) is 1. The number of ether oxygens (including phenoxy) is 1. The van der Waals surface area contributed by atoms with Crippen LogP contribution in [-0.2, 0) is 6.42 Å². The van der Waals surface area contributed by atoms with E-state index in [1.54, 1.807) is 21.1 Å². The molecule has 1 rings (SSSR count). The monoisotopic (exact) mass is 280 g/mol. The van der Waals surface area contributed by atoms with E-state index in [4.69, 9.17) is 4.74 Å². The maximum Gasteiger partial charge on any atom is 0.317 e. The minimum atomic E-state index is -0.512. The molecule has 0 aliphatic carbocycles. The number of hydrogen-bond donors (Lipinski definition) is 2. The van der Waals surface area contributed by atoms with Crippen molar-refractivity contribution in [1.82, 2.24) is 10.2 Å². The second-order valence-corrected chi connectivity index (χ2v) is 4.92. The van der Waals surface area contributed by atoms with Crippen molar-refractivity contribution in [3.8, 4) is 5.75 Å². The van der Waals surface area contributed by atoms with Gasteiger partial charge in [0.15, 0.2) is 0 Å². The molecular weight excluding hydrogens is 256 g/mol. The average Bonchev–Trinajstić information content (AvgIpc) is 2.42. The zero-order chi connectivity index (χ0) is 15.0. The summed E-state index contributed by atoms with van der Waals surface area (Å²) >= 11 is 0. The molecule has 20 heavy (non-hydrogen) atoms. The van der Waals surface area contributed by atoms with E-state index >= 15 is 0 Å². The molecule has 0 aromatic heterocycles. The molecule has 0 bridgehead atoms. The van der Waals surface area contributed by atoms with Crippen molar-refractivity contribution in [2.45, 2.75) is 25.9 Å².